The van der Waals surface area contributed by atoms with Crippen molar-refractivity contribution >= 4 is 40.6 Å². The number of thiazole rings is 1. The molecule has 5 rings (SSSR count). The Morgan fingerprint density at radius 2 is 1.89 bits per heavy atom. The van der Waals surface area contributed by atoms with Crippen LogP contribution in [0.4, 0.5) is 10.2 Å². The summed E-state index contributed by atoms with van der Waals surface area (Å²) >= 11 is 7.47. The van der Waals surface area contributed by atoms with Gasteiger partial charge < -0.3 is 10.2 Å². The van der Waals surface area contributed by atoms with Gasteiger partial charge in [0.15, 0.2) is 5.82 Å². The molecular weight excluding hydrogens is 489 g/mol. The van der Waals surface area contributed by atoms with E-state index in [-0.39, 0.29) is 22.4 Å². The molecule has 2 aromatic carbocycles. The Balaban J connectivity index is 1.19. The van der Waals surface area contributed by atoms with Gasteiger partial charge in [-0.05, 0) is 30.5 Å². The van der Waals surface area contributed by atoms with E-state index in [4.69, 9.17) is 11.6 Å². The predicted octanol–water partition coefficient (Wildman–Crippen LogP) is 5.60. The molecule has 2 aromatic heterocycles. The lowest BCUT2D eigenvalue weighted by Crippen LogP contribution is -2.38. The van der Waals surface area contributed by atoms with E-state index in [0.29, 0.717) is 37.4 Å². The molecule has 2 N–H and O–H groups in total. The van der Waals surface area contributed by atoms with Gasteiger partial charge in [0.2, 0.25) is 0 Å². The van der Waals surface area contributed by atoms with E-state index in [1.54, 1.807) is 16.3 Å². The first kappa shape index (κ1) is 23.2. The normalized spacial score (nSPS) is 14.2. The summed E-state index contributed by atoms with van der Waals surface area (Å²) < 4.78 is 14.1. The quantitative estimate of drug-likeness (QED) is 0.366. The Morgan fingerprint density at radius 3 is 2.63 bits per heavy atom. The van der Waals surface area contributed by atoms with Crippen LogP contribution < -0.4 is 5.32 Å². The summed E-state index contributed by atoms with van der Waals surface area (Å²) in [5, 5.41) is 12.5. The molecule has 7 nitrogen and oxygen atoms in total. The number of aromatic nitrogens is 3. The van der Waals surface area contributed by atoms with Gasteiger partial charge in [-0.1, -0.05) is 48.0 Å². The number of hydrogen-bond acceptors (Lipinski definition) is 5. The summed E-state index contributed by atoms with van der Waals surface area (Å²) in [6.45, 7) is 0.926. The largest absolute Gasteiger partial charge is 0.338 e. The molecule has 0 unspecified atom stereocenters. The van der Waals surface area contributed by atoms with Gasteiger partial charge in [-0.15, -0.1) is 11.3 Å². The van der Waals surface area contributed by atoms with Crippen LogP contribution in [0, 0.1) is 5.82 Å². The highest BCUT2D eigenvalue weighted by Crippen LogP contribution is 2.32. The fraction of sp³-hybridized carbons (Fsp3) is 0.200. The summed E-state index contributed by atoms with van der Waals surface area (Å²) in [4.78, 5) is 31.6. The van der Waals surface area contributed by atoms with Gasteiger partial charge in [0.1, 0.15) is 11.5 Å². The number of H-pyrrole nitrogens is 1. The minimum atomic E-state index is -0.618. The number of nitrogens with zero attached hydrogens (tertiary/aromatic N) is 3. The van der Waals surface area contributed by atoms with Crippen LogP contribution >= 0.6 is 22.9 Å². The van der Waals surface area contributed by atoms with Crippen molar-refractivity contribution in [2.24, 2.45) is 0 Å². The van der Waals surface area contributed by atoms with Crippen LogP contribution in [0.5, 0.6) is 0 Å². The molecule has 178 valence electrons. The molecule has 35 heavy (non-hydrogen) atoms. The number of carbonyl (C=O) groups excluding carboxylic acids is 2. The molecule has 0 spiro atoms. The van der Waals surface area contributed by atoms with Crippen molar-refractivity contribution in [3.8, 4) is 11.3 Å². The van der Waals surface area contributed by atoms with Crippen molar-refractivity contribution in [1.82, 2.24) is 20.1 Å². The van der Waals surface area contributed by atoms with E-state index in [2.05, 4.69) is 20.5 Å². The first-order valence-electron chi connectivity index (χ1n) is 11.1. The lowest BCUT2D eigenvalue weighted by atomic mass is 9.97. The minimum Gasteiger partial charge on any atom is -0.338 e. The standard InChI is InChI=1S/C25H21ClFN5O2S/c26-17-7-4-8-18(27)22(17)25(34)32-11-9-16(10-12-32)24-28-20(14-35-24)23(33)29-21-13-19(30-31-21)15-5-2-1-3-6-15/h1-8,13-14,16H,9-12H2,(H2,29,30,31,33). The van der Waals surface area contributed by atoms with E-state index in [1.165, 1.54) is 29.5 Å². The Morgan fingerprint density at radius 1 is 1.11 bits per heavy atom. The smallest absolute Gasteiger partial charge is 0.276 e. The molecular formula is C25H21ClFN5O2S. The summed E-state index contributed by atoms with van der Waals surface area (Å²) in [6.07, 6.45) is 1.35. The zero-order valence-electron chi connectivity index (χ0n) is 18.5. The van der Waals surface area contributed by atoms with Crippen molar-refractivity contribution in [3.05, 3.63) is 87.1 Å². The SMILES string of the molecule is O=C(Nc1cc(-c2ccccc2)[nH]n1)c1csc(C2CCN(C(=O)c3c(F)cccc3Cl)CC2)n1. The molecule has 1 saturated heterocycles. The lowest BCUT2D eigenvalue weighted by Gasteiger charge is -2.31. The molecule has 0 bridgehead atoms. The van der Waals surface area contributed by atoms with E-state index < -0.39 is 11.7 Å². The third-order valence-electron chi connectivity index (χ3n) is 5.97. The summed E-state index contributed by atoms with van der Waals surface area (Å²) in [7, 11) is 0. The number of hydrogen-bond donors (Lipinski definition) is 2. The van der Waals surface area contributed by atoms with Gasteiger partial charge in [0.05, 0.1) is 21.3 Å². The number of amides is 2. The third-order valence-corrected chi connectivity index (χ3v) is 7.29. The number of rotatable bonds is 5. The van der Waals surface area contributed by atoms with Crippen molar-refractivity contribution in [2.75, 3.05) is 18.4 Å². The maximum Gasteiger partial charge on any atom is 0.276 e. The number of likely N-dealkylation sites (tertiary alicyclic amines) is 1. The molecule has 2 amide bonds. The average molecular weight is 510 g/mol. The summed E-state index contributed by atoms with van der Waals surface area (Å²) in [5.74, 6) is -0.813. The number of carbonyl (C=O) groups is 2. The van der Waals surface area contributed by atoms with Crippen LogP contribution in [0.3, 0.4) is 0 Å². The lowest BCUT2D eigenvalue weighted by molar-refractivity contribution is 0.0708. The molecule has 0 atom stereocenters. The van der Waals surface area contributed by atoms with Crippen LogP contribution in [0.25, 0.3) is 11.3 Å². The topological polar surface area (TPSA) is 91.0 Å². The van der Waals surface area contributed by atoms with Gasteiger partial charge in [-0.2, -0.15) is 5.10 Å². The van der Waals surface area contributed by atoms with Crippen LogP contribution in [0.15, 0.2) is 60.0 Å². The number of aromatic amines is 1. The second-order valence-electron chi connectivity index (χ2n) is 8.22. The average Bonchev–Trinajstić information content (AvgIpc) is 3.55. The maximum atomic E-state index is 14.1. The number of benzene rings is 2. The molecule has 3 heterocycles. The minimum absolute atomic E-state index is 0.0883. The first-order chi connectivity index (χ1) is 17.0. The molecule has 0 radical (unpaired) electrons. The van der Waals surface area contributed by atoms with E-state index in [1.807, 2.05) is 30.3 Å². The Bertz CT molecular complexity index is 1340. The second kappa shape index (κ2) is 9.97. The second-order valence-corrected chi connectivity index (χ2v) is 9.52. The zero-order valence-corrected chi connectivity index (χ0v) is 20.1. The predicted molar refractivity (Wildman–Crippen MR) is 133 cm³/mol. The van der Waals surface area contributed by atoms with Gasteiger partial charge in [0, 0.05) is 30.5 Å². The molecule has 1 fully saturated rings. The molecule has 1 aliphatic heterocycles. The molecule has 1 aliphatic rings. The van der Waals surface area contributed by atoms with Crippen molar-refractivity contribution in [1.29, 1.82) is 0 Å². The van der Waals surface area contributed by atoms with Crippen molar-refractivity contribution < 1.29 is 14.0 Å². The maximum absolute atomic E-state index is 14.1. The highest BCUT2D eigenvalue weighted by molar-refractivity contribution is 7.10. The van der Waals surface area contributed by atoms with Crippen LogP contribution in [0.1, 0.15) is 44.6 Å². The third kappa shape index (κ3) is 4.96. The fourth-order valence-corrected chi connectivity index (χ4v) is 5.32. The number of anilines is 1. The first-order valence-corrected chi connectivity index (χ1v) is 12.4. The monoisotopic (exact) mass is 509 g/mol. The molecule has 0 aliphatic carbocycles. The van der Waals surface area contributed by atoms with Gasteiger partial charge >= 0.3 is 0 Å². The van der Waals surface area contributed by atoms with Gasteiger partial charge in [-0.3, -0.25) is 14.7 Å². The van der Waals surface area contributed by atoms with E-state index in [0.717, 1.165) is 16.3 Å². The Labute approximate surface area is 210 Å². The fourth-order valence-electron chi connectivity index (χ4n) is 4.10. The molecule has 4 aromatic rings. The van der Waals surface area contributed by atoms with Crippen molar-refractivity contribution in [2.45, 2.75) is 18.8 Å². The highest BCUT2D eigenvalue weighted by Gasteiger charge is 2.29. The Hall–Kier alpha value is -3.56. The zero-order chi connectivity index (χ0) is 24.4. The molecule has 0 saturated carbocycles. The van der Waals surface area contributed by atoms with Crippen LogP contribution in [-0.4, -0.2) is 45.0 Å². The Kier molecular flexibility index (Phi) is 6.61. The van der Waals surface area contributed by atoms with Crippen LogP contribution in [0.2, 0.25) is 5.02 Å². The molecule has 10 heteroatoms. The number of nitrogens with one attached hydrogen (secondary N) is 2. The highest BCUT2D eigenvalue weighted by atomic mass is 35.5. The number of piperidine rings is 1. The van der Waals surface area contributed by atoms with Crippen LogP contribution in [-0.2, 0) is 0 Å². The van der Waals surface area contributed by atoms with Gasteiger partial charge in [-0.25, -0.2) is 9.37 Å². The summed E-state index contributed by atoms with van der Waals surface area (Å²) in [5.41, 5.74) is 2.01. The summed E-state index contributed by atoms with van der Waals surface area (Å²) in [6, 6.07) is 15.7. The number of halogens is 2. The van der Waals surface area contributed by atoms with Gasteiger partial charge in [0.25, 0.3) is 11.8 Å². The van der Waals surface area contributed by atoms with E-state index >= 15 is 0 Å². The van der Waals surface area contributed by atoms with Crippen molar-refractivity contribution in [3.63, 3.8) is 0 Å². The van der Waals surface area contributed by atoms with E-state index in [9.17, 15) is 14.0 Å².